The van der Waals surface area contributed by atoms with Crippen LogP contribution in [0.4, 0.5) is 5.69 Å². The molecule has 0 aliphatic carbocycles. The molecule has 0 spiro atoms. The van der Waals surface area contributed by atoms with E-state index in [-0.39, 0.29) is 42.9 Å². The molecule has 2 aromatic heterocycles. The Morgan fingerprint density at radius 3 is 2.26 bits per heavy atom. The number of rotatable bonds is 6. The fraction of sp³-hybridized carbons (Fsp3) is 0.125. The number of thiazole rings is 1. The van der Waals surface area contributed by atoms with Crippen LogP contribution in [0, 0.1) is 0 Å². The van der Waals surface area contributed by atoms with E-state index in [0.29, 0.717) is 30.3 Å². The minimum Gasteiger partial charge on any atom is -0.747 e. The second-order valence-electron chi connectivity index (χ2n) is 7.53. The third kappa shape index (κ3) is 7.91. The van der Waals surface area contributed by atoms with Gasteiger partial charge in [0.15, 0.2) is 19.9 Å². The number of hydrogen-bond acceptors (Lipinski definition) is 10. The van der Waals surface area contributed by atoms with E-state index in [2.05, 4.69) is 13.2 Å². The maximum Gasteiger partial charge on any atom is 1.00 e. The van der Waals surface area contributed by atoms with E-state index in [1.165, 1.54) is 26.9 Å². The fourth-order valence-electron chi connectivity index (χ4n) is 3.68. The van der Waals surface area contributed by atoms with Gasteiger partial charge in [-0.3, -0.25) is 4.90 Å². The van der Waals surface area contributed by atoms with Crippen LogP contribution >= 0.6 is 34.3 Å². The zero-order valence-corrected chi connectivity index (χ0v) is 25.9. The number of halogens is 1. The molecule has 2 aromatic carbocycles. The van der Waals surface area contributed by atoms with Crippen molar-refractivity contribution in [2.24, 2.45) is 0 Å². The van der Waals surface area contributed by atoms with Crippen LogP contribution in [-0.2, 0) is 26.1 Å². The molecule has 0 bridgehead atoms. The molecule has 4 aromatic rings. The van der Waals surface area contributed by atoms with Crippen LogP contribution < -0.4 is 43.8 Å². The first kappa shape index (κ1) is 33.4. The Morgan fingerprint density at radius 1 is 0.974 bits per heavy atom. The summed E-state index contributed by atoms with van der Waals surface area (Å²) in [5.41, 5.74) is 2.47. The van der Waals surface area contributed by atoms with Gasteiger partial charge in [-0.1, -0.05) is 66.8 Å². The molecule has 0 unspecified atom stereocenters. The number of nitrogens with zero attached hydrogens (tertiary/aromatic N) is 2. The Labute approximate surface area is 262 Å². The number of hydrogen-bond donors (Lipinski definition) is 0. The topological polar surface area (TPSA) is 131 Å². The Hall–Kier alpha value is -1.78. The summed E-state index contributed by atoms with van der Waals surface area (Å²) in [6.07, 6.45) is 1.41. The standard InChI is InChI=1S/C21H15ClN2O7S4.C2H4.CH4.Na/c22-18-9-16-21(32-18)33-20(24(16)12-35(28,29)30)10-19-23(11-34(25,26)27)15-8-14(6-7-17(15)31-19)13-4-2-1-3-5-13;1-2;;/h1-10H,11-12H2,(H-,25,26,27,28,29,30);1-2H2;1H4;/q;;;+1/p-1. The van der Waals surface area contributed by atoms with Gasteiger partial charge in [0.25, 0.3) is 5.01 Å². The van der Waals surface area contributed by atoms with Gasteiger partial charge in [-0.2, -0.15) is 4.57 Å². The summed E-state index contributed by atoms with van der Waals surface area (Å²) in [6.45, 7) is 6.00. The molecule has 202 valence electrons. The maximum atomic E-state index is 11.7. The molecule has 15 heteroatoms. The summed E-state index contributed by atoms with van der Waals surface area (Å²) in [5, 5.41) is 0.307. The van der Waals surface area contributed by atoms with Gasteiger partial charge in [-0.05, 0) is 23.3 Å². The van der Waals surface area contributed by atoms with Crippen molar-refractivity contribution < 1.29 is 64.8 Å². The van der Waals surface area contributed by atoms with Gasteiger partial charge in [0, 0.05) is 6.07 Å². The van der Waals surface area contributed by atoms with E-state index in [1.54, 1.807) is 24.3 Å². The molecule has 1 aliphatic heterocycles. The van der Waals surface area contributed by atoms with E-state index in [0.717, 1.165) is 22.5 Å². The number of anilines is 1. The summed E-state index contributed by atoms with van der Waals surface area (Å²) in [5.74, 6) is -1.44. The van der Waals surface area contributed by atoms with Gasteiger partial charge in [0.2, 0.25) is 17.3 Å². The van der Waals surface area contributed by atoms with E-state index in [1.807, 2.05) is 30.3 Å². The van der Waals surface area contributed by atoms with Gasteiger partial charge < -0.3 is 13.8 Å². The Kier molecular flexibility index (Phi) is 11.4. The van der Waals surface area contributed by atoms with Crippen molar-refractivity contribution in [2.75, 3.05) is 10.8 Å². The molecule has 0 saturated heterocycles. The fourth-order valence-corrected chi connectivity index (χ4v) is 7.62. The van der Waals surface area contributed by atoms with E-state index in [9.17, 15) is 25.9 Å². The summed E-state index contributed by atoms with van der Waals surface area (Å²) < 4.78 is 78.1. The average molecular weight is 637 g/mol. The van der Waals surface area contributed by atoms with Crippen molar-refractivity contribution in [3.8, 4) is 16.9 Å². The van der Waals surface area contributed by atoms with E-state index in [4.69, 9.17) is 16.3 Å². The molecule has 9 nitrogen and oxygen atoms in total. The first-order valence-corrected chi connectivity index (χ1v) is 15.5. The van der Waals surface area contributed by atoms with Crippen LogP contribution in [-0.4, -0.2) is 31.8 Å². The molecule has 1 aliphatic rings. The number of aromatic nitrogens is 1. The van der Waals surface area contributed by atoms with Crippen LogP contribution in [0.1, 0.15) is 12.4 Å². The first-order chi connectivity index (χ1) is 17.5. The van der Waals surface area contributed by atoms with Gasteiger partial charge in [-0.15, -0.1) is 24.5 Å². The van der Waals surface area contributed by atoms with Crippen molar-refractivity contribution >= 4 is 75.8 Å². The Balaban J connectivity index is 0.00000130. The smallest absolute Gasteiger partial charge is 0.747 e. The molecule has 0 N–H and O–H groups in total. The molecular weight excluding hydrogens is 615 g/mol. The first-order valence-electron chi connectivity index (χ1n) is 10.3. The molecule has 0 atom stereocenters. The maximum absolute atomic E-state index is 11.7. The molecule has 0 radical (unpaired) electrons. The van der Waals surface area contributed by atoms with Crippen molar-refractivity contribution in [1.29, 1.82) is 0 Å². The van der Waals surface area contributed by atoms with Crippen molar-refractivity contribution in [3.63, 3.8) is 0 Å². The summed E-state index contributed by atoms with van der Waals surface area (Å²) in [4.78, 5) is 1.21. The van der Waals surface area contributed by atoms with Crippen LogP contribution in [0.15, 0.2) is 73.6 Å². The van der Waals surface area contributed by atoms with Gasteiger partial charge in [-0.25, -0.2) is 16.8 Å². The average Bonchev–Trinajstić information content (AvgIpc) is 3.45. The number of benzene rings is 2. The second-order valence-corrected chi connectivity index (χ2v) is 13.2. The second kappa shape index (κ2) is 13.3. The molecule has 3 heterocycles. The Bertz CT molecular complexity index is 1720. The van der Waals surface area contributed by atoms with Crippen LogP contribution in [0.25, 0.3) is 26.7 Å². The largest absolute Gasteiger partial charge is 1.00 e. The Morgan fingerprint density at radius 2 is 1.64 bits per heavy atom. The number of thiophene rings is 1. The van der Waals surface area contributed by atoms with Gasteiger partial charge >= 0.3 is 29.6 Å². The minimum absolute atomic E-state index is 0. The van der Waals surface area contributed by atoms with Crippen LogP contribution in [0.2, 0.25) is 4.34 Å². The van der Waals surface area contributed by atoms with Crippen LogP contribution in [0.3, 0.4) is 0 Å². The predicted molar refractivity (Wildman–Crippen MR) is 150 cm³/mol. The summed E-state index contributed by atoms with van der Waals surface area (Å²) >= 11 is 8.41. The van der Waals surface area contributed by atoms with Crippen molar-refractivity contribution in [1.82, 2.24) is 0 Å². The van der Waals surface area contributed by atoms with Gasteiger partial charge in [0.1, 0.15) is 20.3 Å². The molecule has 0 saturated carbocycles. The normalized spacial score (nSPS) is 13.6. The molecule has 0 fully saturated rings. The monoisotopic (exact) mass is 636 g/mol. The number of fused-ring (bicyclic) bond motifs is 2. The summed E-state index contributed by atoms with van der Waals surface area (Å²) in [6, 6.07) is 16.1. The van der Waals surface area contributed by atoms with Crippen LogP contribution in [0.5, 0.6) is 5.75 Å². The molecule has 5 rings (SSSR count). The zero-order chi connectivity index (χ0) is 27.0. The zero-order valence-electron chi connectivity index (χ0n) is 19.9. The minimum atomic E-state index is -4.72. The summed E-state index contributed by atoms with van der Waals surface area (Å²) in [7, 11) is -9.39. The van der Waals surface area contributed by atoms with Crippen molar-refractivity contribution in [2.45, 2.75) is 13.3 Å². The third-order valence-electron chi connectivity index (χ3n) is 5.06. The SMILES string of the molecule is C.C=C.O=S(=O)([O-])CN1C(=Cc2sc3sc(Cl)cc3[n+]2CS(=O)(=O)[O-])Oc2ccc(-c3ccccc3)cc21.[Na+]. The number of ether oxygens (including phenoxy) is 1. The third-order valence-corrected chi connectivity index (χ3v) is 8.70. The predicted octanol–water partition coefficient (Wildman–Crippen LogP) is 2.22. The van der Waals surface area contributed by atoms with E-state index < -0.39 is 32.0 Å². The molecular formula is C24H22ClN2NaO7S4. The molecule has 39 heavy (non-hydrogen) atoms. The van der Waals surface area contributed by atoms with Gasteiger partial charge in [0.05, 0.1) is 11.8 Å². The molecule has 0 amide bonds. The van der Waals surface area contributed by atoms with Crippen molar-refractivity contribution in [3.05, 3.63) is 83.0 Å². The van der Waals surface area contributed by atoms with E-state index >= 15 is 0 Å². The quantitative estimate of drug-likeness (QED) is 0.136.